The van der Waals surface area contributed by atoms with Crippen LogP contribution in [-0.4, -0.2) is 5.54 Å². The summed E-state index contributed by atoms with van der Waals surface area (Å²) in [7, 11) is 0. The molecule has 0 aromatic heterocycles. The second-order valence-corrected chi connectivity index (χ2v) is 2.34. The van der Waals surface area contributed by atoms with E-state index in [1.165, 1.54) is 0 Å². The number of hydrogen-bond donors (Lipinski definition) is 1. The molecule has 0 heterocycles. The molecule has 0 amide bonds. The van der Waals surface area contributed by atoms with Gasteiger partial charge in [0.05, 0.1) is 0 Å². The highest BCUT2D eigenvalue weighted by Crippen LogP contribution is 1.99. The van der Waals surface area contributed by atoms with Gasteiger partial charge in [-0.3, -0.25) is 0 Å². The summed E-state index contributed by atoms with van der Waals surface area (Å²) in [6.45, 7) is 9.63. The minimum Gasteiger partial charge on any atom is -0.326 e. The Morgan fingerprint density at radius 1 is 1.50 bits per heavy atom. The highest BCUT2D eigenvalue weighted by atomic mass is 14.7. The van der Waals surface area contributed by atoms with Crippen LogP contribution in [0.15, 0.2) is 0 Å². The van der Waals surface area contributed by atoms with Gasteiger partial charge in [-0.05, 0) is 20.3 Å². The van der Waals surface area contributed by atoms with E-state index in [0.717, 1.165) is 6.42 Å². The standard InChI is InChI=1S/C5H13N.CHN/c1-4-5(2,3)6;1-2/h4,6H2,1-3H3;1H. The van der Waals surface area contributed by atoms with Crippen LogP contribution in [0.25, 0.3) is 0 Å². The molecule has 0 aliphatic heterocycles. The lowest BCUT2D eigenvalue weighted by Gasteiger charge is -2.13. The molecule has 0 aromatic rings. The average Bonchev–Trinajstić information content (AvgIpc) is 1.71. The first kappa shape index (κ1) is 10.4. The van der Waals surface area contributed by atoms with Gasteiger partial charge in [-0.2, -0.15) is 0 Å². The molecule has 48 valence electrons. The zero-order valence-corrected chi connectivity index (χ0v) is 5.81. The lowest BCUT2D eigenvalue weighted by atomic mass is 10.1. The number of nitrogens with two attached hydrogens (primary N) is 1. The van der Waals surface area contributed by atoms with Gasteiger partial charge in [0, 0.05) is 12.1 Å². The molecule has 0 bridgehead atoms. The fourth-order valence-electron chi connectivity index (χ4n) is 0. The molecule has 2 N–H and O–H groups in total. The first-order chi connectivity index (χ1) is 3.56. The van der Waals surface area contributed by atoms with Crippen LogP contribution in [0.5, 0.6) is 0 Å². The van der Waals surface area contributed by atoms with E-state index in [1.807, 2.05) is 13.8 Å². The number of rotatable bonds is 1. The summed E-state index contributed by atoms with van der Waals surface area (Å²) in [5.74, 6) is 0. The van der Waals surface area contributed by atoms with Crippen molar-refractivity contribution in [2.24, 2.45) is 5.73 Å². The number of hydrogen-bond acceptors (Lipinski definition) is 2. The van der Waals surface area contributed by atoms with Crippen LogP contribution in [0.3, 0.4) is 0 Å². The van der Waals surface area contributed by atoms with Crippen LogP contribution in [0.1, 0.15) is 27.2 Å². The molecule has 0 rings (SSSR count). The van der Waals surface area contributed by atoms with Gasteiger partial charge in [-0.15, -0.1) is 0 Å². The van der Waals surface area contributed by atoms with Gasteiger partial charge in [0.15, 0.2) is 0 Å². The molecule has 0 aliphatic carbocycles. The Balaban J connectivity index is 0. The summed E-state index contributed by atoms with van der Waals surface area (Å²) < 4.78 is 0. The maximum Gasteiger partial charge on any atom is 0.0462 e. The van der Waals surface area contributed by atoms with Crippen molar-refractivity contribution in [2.45, 2.75) is 32.7 Å². The van der Waals surface area contributed by atoms with Gasteiger partial charge >= 0.3 is 0 Å². The van der Waals surface area contributed by atoms with E-state index < -0.39 is 0 Å². The SMILES string of the molecule is C#N.CCC(C)(C)N. The summed E-state index contributed by atoms with van der Waals surface area (Å²) in [5, 5.41) is 6.50. The molecular formula is C6H14N2. The lowest BCUT2D eigenvalue weighted by Crippen LogP contribution is -2.30. The molecule has 2 heteroatoms. The molecule has 0 atom stereocenters. The Hall–Kier alpha value is -0.550. The van der Waals surface area contributed by atoms with Gasteiger partial charge in [0.2, 0.25) is 0 Å². The van der Waals surface area contributed by atoms with Crippen molar-refractivity contribution >= 4 is 0 Å². The second-order valence-electron chi connectivity index (χ2n) is 2.34. The largest absolute Gasteiger partial charge is 0.326 e. The van der Waals surface area contributed by atoms with E-state index in [9.17, 15) is 0 Å². The summed E-state index contributed by atoms with van der Waals surface area (Å²) in [5.41, 5.74) is 5.58. The smallest absolute Gasteiger partial charge is 0.0462 e. The van der Waals surface area contributed by atoms with Crippen molar-refractivity contribution in [1.82, 2.24) is 0 Å². The highest BCUT2D eigenvalue weighted by Gasteiger charge is 2.03. The minimum absolute atomic E-state index is 0.0417. The van der Waals surface area contributed by atoms with E-state index in [0.29, 0.717) is 0 Å². The third-order valence-corrected chi connectivity index (χ3v) is 0.911. The summed E-state index contributed by atoms with van der Waals surface area (Å²) in [6, 6.07) is 0. The van der Waals surface area contributed by atoms with E-state index in [-0.39, 0.29) is 5.54 Å². The summed E-state index contributed by atoms with van der Waals surface area (Å²) in [6.07, 6.45) is 1.05. The fraction of sp³-hybridized carbons (Fsp3) is 0.833. The molecule has 0 unspecified atom stereocenters. The Morgan fingerprint density at radius 2 is 1.62 bits per heavy atom. The van der Waals surface area contributed by atoms with Crippen molar-refractivity contribution in [1.29, 1.82) is 5.26 Å². The highest BCUT2D eigenvalue weighted by molar-refractivity contribution is 4.66. The lowest BCUT2D eigenvalue weighted by molar-refractivity contribution is 0.501. The van der Waals surface area contributed by atoms with E-state index >= 15 is 0 Å². The van der Waals surface area contributed by atoms with E-state index in [1.54, 1.807) is 0 Å². The molecule has 0 saturated carbocycles. The van der Waals surface area contributed by atoms with E-state index in [2.05, 4.69) is 13.5 Å². The normalized spacial score (nSPS) is 9.25. The number of nitriles is 1. The summed E-state index contributed by atoms with van der Waals surface area (Å²) in [4.78, 5) is 0. The maximum absolute atomic E-state index is 6.50. The van der Waals surface area contributed by atoms with Crippen LogP contribution >= 0.6 is 0 Å². The Labute approximate surface area is 51.3 Å². The van der Waals surface area contributed by atoms with Crippen molar-refractivity contribution in [3.8, 4) is 6.57 Å². The minimum atomic E-state index is 0.0417. The predicted octanol–water partition coefficient (Wildman–Crippen LogP) is 1.27. The average molecular weight is 114 g/mol. The zero-order valence-electron chi connectivity index (χ0n) is 5.81. The third-order valence-electron chi connectivity index (χ3n) is 0.911. The molecule has 8 heavy (non-hydrogen) atoms. The monoisotopic (exact) mass is 114 g/mol. The molecule has 0 aliphatic rings. The van der Waals surface area contributed by atoms with Crippen LogP contribution < -0.4 is 5.73 Å². The molecular weight excluding hydrogens is 100 g/mol. The van der Waals surface area contributed by atoms with Gasteiger partial charge in [-0.25, -0.2) is 5.26 Å². The van der Waals surface area contributed by atoms with Crippen molar-refractivity contribution in [3.05, 3.63) is 0 Å². The topological polar surface area (TPSA) is 49.8 Å². The molecule has 0 aromatic carbocycles. The Morgan fingerprint density at radius 3 is 1.62 bits per heavy atom. The molecule has 0 spiro atoms. The fourth-order valence-corrected chi connectivity index (χ4v) is 0. The first-order valence-electron chi connectivity index (χ1n) is 2.61. The van der Waals surface area contributed by atoms with Crippen molar-refractivity contribution < 1.29 is 0 Å². The van der Waals surface area contributed by atoms with Gasteiger partial charge < -0.3 is 5.73 Å². The predicted molar refractivity (Wildman–Crippen MR) is 35.2 cm³/mol. The van der Waals surface area contributed by atoms with Gasteiger partial charge in [-0.1, -0.05) is 6.92 Å². The third kappa shape index (κ3) is 18.0. The summed E-state index contributed by atoms with van der Waals surface area (Å²) >= 11 is 0. The first-order valence-corrected chi connectivity index (χ1v) is 2.61. The molecule has 2 nitrogen and oxygen atoms in total. The van der Waals surface area contributed by atoms with Crippen LogP contribution in [0.4, 0.5) is 0 Å². The quantitative estimate of drug-likeness (QED) is 0.558. The van der Waals surface area contributed by atoms with Crippen molar-refractivity contribution in [3.63, 3.8) is 0 Å². The Bertz CT molecular complexity index is 58.7. The molecule has 0 radical (unpaired) electrons. The Kier molecular flexibility index (Phi) is 6.01. The van der Waals surface area contributed by atoms with Crippen LogP contribution in [0.2, 0.25) is 0 Å². The maximum atomic E-state index is 6.50. The number of nitrogens with zero attached hydrogens (tertiary/aromatic N) is 1. The van der Waals surface area contributed by atoms with Crippen molar-refractivity contribution in [2.75, 3.05) is 0 Å². The van der Waals surface area contributed by atoms with Gasteiger partial charge in [0.1, 0.15) is 0 Å². The van der Waals surface area contributed by atoms with Crippen LogP contribution in [-0.2, 0) is 0 Å². The second kappa shape index (κ2) is 4.61. The van der Waals surface area contributed by atoms with E-state index in [4.69, 9.17) is 11.0 Å². The molecule has 0 saturated heterocycles. The molecule has 0 fully saturated rings. The van der Waals surface area contributed by atoms with Gasteiger partial charge in [0.25, 0.3) is 0 Å². The van der Waals surface area contributed by atoms with Crippen LogP contribution in [0, 0.1) is 11.8 Å². The zero-order chi connectivity index (χ0) is 7.21.